The first-order valence-electron chi connectivity index (χ1n) is 4.08. The molecule has 0 radical (unpaired) electrons. The van der Waals surface area contributed by atoms with Crippen LogP contribution in [0.4, 0.5) is 0 Å². The molecule has 2 atom stereocenters. The van der Waals surface area contributed by atoms with Gasteiger partial charge in [0.25, 0.3) is 0 Å². The van der Waals surface area contributed by atoms with Crippen LogP contribution >= 0.6 is 0 Å². The third-order valence-corrected chi connectivity index (χ3v) is 2.07. The maximum Gasteiger partial charge on any atom is 0.0669 e. The van der Waals surface area contributed by atoms with Crippen LogP contribution in [-0.4, -0.2) is 21.2 Å². The van der Waals surface area contributed by atoms with E-state index in [-0.39, 0.29) is 12.0 Å². The molecule has 0 saturated heterocycles. The highest BCUT2D eigenvalue weighted by Gasteiger charge is 2.14. The van der Waals surface area contributed by atoms with Crippen LogP contribution in [-0.2, 0) is 0 Å². The number of rotatable bonds is 2. The number of aliphatic hydroxyl groups is 1. The molecule has 0 bridgehead atoms. The summed E-state index contributed by atoms with van der Waals surface area (Å²) in [5, 5.41) is 9.33. The molecule has 1 N–H and O–H groups in total. The number of aryl methyl sites for hydroxylation is 1. The van der Waals surface area contributed by atoms with Gasteiger partial charge in [-0.15, -0.1) is 0 Å². The summed E-state index contributed by atoms with van der Waals surface area (Å²) < 4.78 is 0. The number of hydrogen-bond acceptors (Lipinski definition) is 3. The lowest BCUT2D eigenvalue weighted by Gasteiger charge is -2.14. The summed E-state index contributed by atoms with van der Waals surface area (Å²) in [4.78, 5) is 8.29. The van der Waals surface area contributed by atoms with Gasteiger partial charge in [-0.3, -0.25) is 9.97 Å². The van der Waals surface area contributed by atoms with Crippen LogP contribution in [0.15, 0.2) is 12.4 Å². The summed E-state index contributed by atoms with van der Waals surface area (Å²) >= 11 is 0. The fourth-order valence-corrected chi connectivity index (χ4v) is 1.09. The number of nitrogens with zero attached hydrogens (tertiary/aromatic N) is 2. The highest BCUT2D eigenvalue weighted by atomic mass is 16.3. The van der Waals surface area contributed by atoms with Gasteiger partial charge in [0.15, 0.2) is 0 Å². The lowest BCUT2D eigenvalue weighted by Crippen LogP contribution is -2.14. The summed E-state index contributed by atoms with van der Waals surface area (Å²) in [6.07, 6.45) is 2.94. The van der Waals surface area contributed by atoms with E-state index in [1.165, 1.54) is 0 Å². The average molecular weight is 166 g/mol. The van der Waals surface area contributed by atoms with Gasteiger partial charge in [0, 0.05) is 18.3 Å². The first-order chi connectivity index (χ1) is 5.63. The Bertz CT molecular complexity index is 260. The Labute approximate surface area is 72.5 Å². The Hall–Kier alpha value is -0.960. The van der Waals surface area contributed by atoms with Crippen LogP contribution in [0.5, 0.6) is 0 Å². The van der Waals surface area contributed by atoms with Crippen molar-refractivity contribution in [3.05, 3.63) is 23.8 Å². The fraction of sp³-hybridized carbons (Fsp3) is 0.556. The summed E-state index contributed by atoms with van der Waals surface area (Å²) in [7, 11) is 0. The van der Waals surface area contributed by atoms with Gasteiger partial charge in [0.2, 0.25) is 0 Å². The molecule has 0 aliphatic rings. The highest BCUT2D eigenvalue weighted by Crippen LogP contribution is 2.18. The third kappa shape index (κ3) is 1.80. The minimum Gasteiger partial charge on any atom is -0.393 e. The van der Waals surface area contributed by atoms with Gasteiger partial charge in [-0.1, -0.05) is 6.92 Å². The molecule has 0 spiro atoms. The van der Waals surface area contributed by atoms with Crippen molar-refractivity contribution < 1.29 is 5.11 Å². The van der Waals surface area contributed by atoms with Crippen molar-refractivity contribution in [2.75, 3.05) is 0 Å². The smallest absolute Gasteiger partial charge is 0.0669 e. The summed E-state index contributed by atoms with van der Waals surface area (Å²) in [6, 6.07) is 0. The summed E-state index contributed by atoms with van der Waals surface area (Å²) in [5.74, 6) is 0.0544. The first kappa shape index (κ1) is 9.13. The maximum absolute atomic E-state index is 9.33. The van der Waals surface area contributed by atoms with E-state index in [2.05, 4.69) is 9.97 Å². The van der Waals surface area contributed by atoms with Gasteiger partial charge in [-0.2, -0.15) is 0 Å². The van der Waals surface area contributed by atoms with Crippen molar-refractivity contribution in [3.8, 4) is 0 Å². The van der Waals surface area contributed by atoms with E-state index in [1.54, 1.807) is 19.3 Å². The van der Waals surface area contributed by atoms with Gasteiger partial charge < -0.3 is 5.11 Å². The number of hydrogen-bond donors (Lipinski definition) is 1. The van der Waals surface area contributed by atoms with Gasteiger partial charge >= 0.3 is 0 Å². The van der Waals surface area contributed by atoms with E-state index in [0.29, 0.717) is 0 Å². The Morgan fingerprint density at radius 1 is 1.25 bits per heavy atom. The molecular weight excluding hydrogens is 152 g/mol. The zero-order valence-electron chi connectivity index (χ0n) is 7.65. The van der Waals surface area contributed by atoms with Crippen LogP contribution in [0.2, 0.25) is 0 Å². The molecule has 1 heterocycles. The van der Waals surface area contributed by atoms with Crippen molar-refractivity contribution in [3.63, 3.8) is 0 Å². The number of aromatic nitrogens is 2. The second kappa shape index (κ2) is 3.63. The van der Waals surface area contributed by atoms with Crippen LogP contribution in [0.3, 0.4) is 0 Å². The van der Waals surface area contributed by atoms with Gasteiger partial charge in [-0.05, 0) is 13.8 Å². The van der Waals surface area contributed by atoms with E-state index in [4.69, 9.17) is 0 Å². The largest absolute Gasteiger partial charge is 0.393 e. The molecule has 0 saturated carbocycles. The molecule has 12 heavy (non-hydrogen) atoms. The Balaban J connectivity index is 2.94. The van der Waals surface area contributed by atoms with E-state index >= 15 is 0 Å². The maximum atomic E-state index is 9.33. The SMILES string of the molecule is Cc1nccnc1C(C)C(C)O. The van der Waals surface area contributed by atoms with Gasteiger partial charge in [0.05, 0.1) is 17.5 Å². The van der Waals surface area contributed by atoms with Crippen molar-refractivity contribution >= 4 is 0 Å². The van der Waals surface area contributed by atoms with Crippen LogP contribution in [0.25, 0.3) is 0 Å². The van der Waals surface area contributed by atoms with E-state index in [0.717, 1.165) is 11.4 Å². The quantitative estimate of drug-likeness (QED) is 0.719. The zero-order chi connectivity index (χ0) is 9.14. The lowest BCUT2D eigenvalue weighted by atomic mass is 10.0. The van der Waals surface area contributed by atoms with Crippen LogP contribution in [0, 0.1) is 6.92 Å². The molecular formula is C9H14N2O. The zero-order valence-corrected chi connectivity index (χ0v) is 7.65. The van der Waals surface area contributed by atoms with Crippen molar-refractivity contribution in [2.24, 2.45) is 0 Å². The lowest BCUT2D eigenvalue weighted by molar-refractivity contribution is 0.167. The molecule has 0 fully saturated rings. The van der Waals surface area contributed by atoms with Gasteiger partial charge in [0.1, 0.15) is 0 Å². The van der Waals surface area contributed by atoms with E-state index < -0.39 is 0 Å². The molecule has 0 aliphatic heterocycles. The average Bonchev–Trinajstić information content (AvgIpc) is 2.04. The third-order valence-electron chi connectivity index (χ3n) is 2.07. The second-order valence-electron chi connectivity index (χ2n) is 3.06. The van der Waals surface area contributed by atoms with Crippen LogP contribution in [0.1, 0.15) is 31.2 Å². The Morgan fingerprint density at radius 2 is 1.83 bits per heavy atom. The predicted molar refractivity (Wildman–Crippen MR) is 46.9 cm³/mol. The van der Waals surface area contributed by atoms with Crippen LogP contribution < -0.4 is 0 Å². The van der Waals surface area contributed by atoms with Crippen molar-refractivity contribution in [1.82, 2.24) is 9.97 Å². The molecule has 66 valence electrons. The molecule has 0 amide bonds. The molecule has 1 aromatic rings. The molecule has 3 nitrogen and oxygen atoms in total. The molecule has 2 unspecified atom stereocenters. The van der Waals surface area contributed by atoms with E-state index in [9.17, 15) is 5.11 Å². The van der Waals surface area contributed by atoms with Crippen molar-refractivity contribution in [2.45, 2.75) is 32.8 Å². The monoisotopic (exact) mass is 166 g/mol. The molecule has 3 heteroatoms. The number of aliphatic hydroxyl groups excluding tert-OH is 1. The fourth-order valence-electron chi connectivity index (χ4n) is 1.09. The Morgan fingerprint density at radius 3 is 2.33 bits per heavy atom. The standard InChI is InChI=1S/C9H14N2O/c1-6(8(3)12)9-7(2)10-4-5-11-9/h4-6,8,12H,1-3H3. The minimum absolute atomic E-state index is 0.0544. The minimum atomic E-state index is -0.375. The molecule has 0 aromatic carbocycles. The molecule has 1 rings (SSSR count). The molecule has 1 aromatic heterocycles. The normalized spacial score (nSPS) is 15.7. The topological polar surface area (TPSA) is 46.0 Å². The second-order valence-corrected chi connectivity index (χ2v) is 3.06. The van der Waals surface area contributed by atoms with Gasteiger partial charge in [-0.25, -0.2) is 0 Å². The van der Waals surface area contributed by atoms with E-state index in [1.807, 2.05) is 13.8 Å². The van der Waals surface area contributed by atoms with Crippen molar-refractivity contribution in [1.29, 1.82) is 0 Å². The summed E-state index contributed by atoms with van der Waals surface area (Å²) in [6.45, 7) is 5.61. The predicted octanol–water partition coefficient (Wildman–Crippen LogP) is 1.27. The summed E-state index contributed by atoms with van der Waals surface area (Å²) in [5.41, 5.74) is 1.78. The molecule has 0 aliphatic carbocycles. The highest BCUT2D eigenvalue weighted by molar-refractivity contribution is 5.14. The Kier molecular flexibility index (Phi) is 2.76. The first-order valence-corrected chi connectivity index (χ1v) is 4.08.